The molecule has 4 nitrogen and oxygen atoms in total. The predicted molar refractivity (Wildman–Crippen MR) is 61.0 cm³/mol. The quantitative estimate of drug-likeness (QED) is 0.653. The van der Waals surface area contributed by atoms with Crippen LogP contribution in [0.15, 0.2) is 0 Å². The third-order valence-corrected chi connectivity index (χ3v) is 2.75. The Kier molecular flexibility index (Phi) is 4.99. The van der Waals surface area contributed by atoms with Crippen molar-refractivity contribution in [3.63, 3.8) is 0 Å². The fourth-order valence-corrected chi connectivity index (χ4v) is 2.05. The van der Waals surface area contributed by atoms with Crippen molar-refractivity contribution in [3.8, 4) is 0 Å². The predicted octanol–water partition coefficient (Wildman–Crippen LogP) is 0.0676. The summed E-state index contributed by atoms with van der Waals surface area (Å²) in [7, 11) is 1.72. The molecule has 1 aliphatic heterocycles. The van der Waals surface area contributed by atoms with Crippen molar-refractivity contribution < 1.29 is 9.84 Å². The summed E-state index contributed by atoms with van der Waals surface area (Å²) in [6.45, 7) is 8.26. The van der Waals surface area contributed by atoms with Crippen LogP contribution in [0.2, 0.25) is 0 Å². The number of ether oxygens (including phenoxy) is 1. The Labute approximate surface area is 92.6 Å². The molecule has 2 atom stereocenters. The van der Waals surface area contributed by atoms with Crippen molar-refractivity contribution in [2.75, 3.05) is 39.9 Å². The number of methoxy groups -OCH3 is 1. The van der Waals surface area contributed by atoms with Gasteiger partial charge in [-0.25, -0.2) is 0 Å². The first-order valence-electron chi connectivity index (χ1n) is 5.70. The molecule has 1 aliphatic rings. The van der Waals surface area contributed by atoms with Gasteiger partial charge >= 0.3 is 0 Å². The summed E-state index contributed by atoms with van der Waals surface area (Å²) in [5.74, 6) is 0. The highest BCUT2D eigenvalue weighted by molar-refractivity contribution is 4.86. The Hall–Kier alpha value is -0.160. The highest BCUT2D eigenvalue weighted by Crippen LogP contribution is 2.10. The van der Waals surface area contributed by atoms with E-state index in [1.165, 1.54) is 0 Å². The van der Waals surface area contributed by atoms with Gasteiger partial charge in [-0.3, -0.25) is 4.90 Å². The molecule has 0 spiro atoms. The molecule has 0 aliphatic carbocycles. The van der Waals surface area contributed by atoms with Crippen LogP contribution in [0.5, 0.6) is 0 Å². The van der Waals surface area contributed by atoms with Gasteiger partial charge in [-0.1, -0.05) is 0 Å². The van der Waals surface area contributed by atoms with E-state index in [-0.39, 0.29) is 0 Å². The molecule has 0 aromatic heterocycles. The number of aliphatic hydroxyl groups is 1. The minimum absolute atomic E-state index is 0.446. The van der Waals surface area contributed by atoms with Gasteiger partial charge in [0.15, 0.2) is 0 Å². The number of β-amino-alcohol motifs (C(OH)–C–C–N with tert-alkyl or cyclic N) is 1. The summed E-state index contributed by atoms with van der Waals surface area (Å²) in [5, 5.41) is 13.4. The molecule has 0 aromatic carbocycles. The summed E-state index contributed by atoms with van der Waals surface area (Å²) >= 11 is 0. The second kappa shape index (κ2) is 5.80. The van der Waals surface area contributed by atoms with Crippen molar-refractivity contribution in [2.45, 2.75) is 31.9 Å². The lowest BCUT2D eigenvalue weighted by Crippen LogP contribution is -2.43. The van der Waals surface area contributed by atoms with E-state index >= 15 is 0 Å². The SMILES string of the molecule is COCCCN1CC(C)NCC(C)(O)C1. The Balaban J connectivity index is 2.39. The fraction of sp³-hybridized carbons (Fsp3) is 1.00. The normalized spacial score (nSPS) is 34.0. The molecule has 0 radical (unpaired) electrons. The van der Waals surface area contributed by atoms with Gasteiger partial charge in [0.2, 0.25) is 0 Å². The maximum Gasteiger partial charge on any atom is 0.0869 e. The van der Waals surface area contributed by atoms with Gasteiger partial charge < -0.3 is 15.2 Å². The van der Waals surface area contributed by atoms with Gasteiger partial charge in [0.25, 0.3) is 0 Å². The molecule has 1 heterocycles. The van der Waals surface area contributed by atoms with Crippen LogP contribution in [-0.2, 0) is 4.74 Å². The van der Waals surface area contributed by atoms with Gasteiger partial charge in [0.05, 0.1) is 5.60 Å². The van der Waals surface area contributed by atoms with E-state index < -0.39 is 5.60 Å². The molecule has 4 heteroatoms. The van der Waals surface area contributed by atoms with Crippen LogP contribution in [-0.4, -0.2) is 61.5 Å². The van der Waals surface area contributed by atoms with Crippen molar-refractivity contribution in [2.24, 2.45) is 0 Å². The minimum atomic E-state index is -0.613. The molecule has 90 valence electrons. The standard InChI is InChI=1S/C11H24N2O2/c1-10-7-13(5-4-6-15-3)9-11(2,14)8-12-10/h10,12,14H,4-9H2,1-3H3. The van der Waals surface area contributed by atoms with Gasteiger partial charge in [0, 0.05) is 45.9 Å². The van der Waals surface area contributed by atoms with Crippen molar-refractivity contribution in [1.82, 2.24) is 10.2 Å². The second-order valence-electron chi connectivity index (χ2n) is 4.86. The molecule has 1 rings (SSSR count). The summed E-state index contributed by atoms with van der Waals surface area (Å²) in [6.07, 6.45) is 1.03. The highest BCUT2D eigenvalue weighted by atomic mass is 16.5. The van der Waals surface area contributed by atoms with Crippen molar-refractivity contribution >= 4 is 0 Å². The van der Waals surface area contributed by atoms with Crippen LogP contribution < -0.4 is 5.32 Å². The highest BCUT2D eigenvalue weighted by Gasteiger charge is 2.28. The van der Waals surface area contributed by atoms with E-state index in [0.717, 1.165) is 32.7 Å². The van der Waals surface area contributed by atoms with Crippen LogP contribution in [0.25, 0.3) is 0 Å². The maximum absolute atomic E-state index is 10.1. The minimum Gasteiger partial charge on any atom is -0.388 e. The Morgan fingerprint density at radius 1 is 1.60 bits per heavy atom. The van der Waals surface area contributed by atoms with Crippen LogP contribution in [0.4, 0.5) is 0 Å². The first kappa shape index (κ1) is 12.9. The molecule has 1 fully saturated rings. The zero-order chi connectivity index (χ0) is 11.3. The smallest absolute Gasteiger partial charge is 0.0869 e. The Morgan fingerprint density at radius 2 is 2.33 bits per heavy atom. The van der Waals surface area contributed by atoms with E-state index in [4.69, 9.17) is 4.74 Å². The van der Waals surface area contributed by atoms with Gasteiger partial charge in [-0.15, -0.1) is 0 Å². The van der Waals surface area contributed by atoms with Crippen LogP contribution in [0.1, 0.15) is 20.3 Å². The monoisotopic (exact) mass is 216 g/mol. The fourth-order valence-electron chi connectivity index (χ4n) is 2.05. The third-order valence-electron chi connectivity index (χ3n) is 2.75. The van der Waals surface area contributed by atoms with Gasteiger partial charge in [-0.2, -0.15) is 0 Å². The summed E-state index contributed by atoms with van der Waals surface area (Å²) < 4.78 is 5.04. The zero-order valence-electron chi connectivity index (χ0n) is 10.1. The van der Waals surface area contributed by atoms with Crippen LogP contribution in [0, 0.1) is 0 Å². The summed E-state index contributed by atoms with van der Waals surface area (Å²) in [6, 6.07) is 0.446. The van der Waals surface area contributed by atoms with E-state index in [1.54, 1.807) is 7.11 Å². The third kappa shape index (κ3) is 4.93. The first-order chi connectivity index (χ1) is 7.03. The van der Waals surface area contributed by atoms with E-state index in [0.29, 0.717) is 12.6 Å². The van der Waals surface area contributed by atoms with Crippen LogP contribution >= 0.6 is 0 Å². The topological polar surface area (TPSA) is 44.7 Å². The number of nitrogens with zero attached hydrogens (tertiary/aromatic N) is 1. The molecule has 0 aromatic rings. The van der Waals surface area contributed by atoms with Crippen molar-refractivity contribution in [1.29, 1.82) is 0 Å². The van der Waals surface area contributed by atoms with E-state index in [1.807, 2.05) is 6.92 Å². The molecule has 0 bridgehead atoms. The molecule has 0 saturated carbocycles. The molecule has 2 N–H and O–H groups in total. The molecule has 2 unspecified atom stereocenters. The second-order valence-corrected chi connectivity index (χ2v) is 4.86. The Morgan fingerprint density at radius 3 is 3.00 bits per heavy atom. The maximum atomic E-state index is 10.1. The lowest BCUT2D eigenvalue weighted by Gasteiger charge is -2.27. The first-order valence-corrected chi connectivity index (χ1v) is 5.70. The molecular formula is C11H24N2O2. The lowest BCUT2D eigenvalue weighted by atomic mass is 10.1. The molecule has 0 amide bonds. The largest absolute Gasteiger partial charge is 0.388 e. The lowest BCUT2D eigenvalue weighted by molar-refractivity contribution is 0.0320. The van der Waals surface area contributed by atoms with E-state index in [2.05, 4.69) is 17.1 Å². The zero-order valence-corrected chi connectivity index (χ0v) is 10.1. The average Bonchev–Trinajstić information content (AvgIpc) is 2.26. The average molecular weight is 216 g/mol. The van der Waals surface area contributed by atoms with Gasteiger partial charge in [0.1, 0.15) is 0 Å². The Bertz CT molecular complexity index is 185. The van der Waals surface area contributed by atoms with Crippen LogP contribution in [0.3, 0.4) is 0 Å². The van der Waals surface area contributed by atoms with Gasteiger partial charge in [-0.05, 0) is 20.3 Å². The number of rotatable bonds is 4. The molecule has 1 saturated heterocycles. The molecule has 15 heavy (non-hydrogen) atoms. The number of hydrogen-bond donors (Lipinski definition) is 2. The summed E-state index contributed by atoms with van der Waals surface area (Å²) in [5.41, 5.74) is -0.613. The molecular weight excluding hydrogens is 192 g/mol. The van der Waals surface area contributed by atoms with Crippen molar-refractivity contribution in [3.05, 3.63) is 0 Å². The number of nitrogens with one attached hydrogen (secondary N) is 1. The summed E-state index contributed by atoms with van der Waals surface area (Å²) in [4.78, 5) is 2.31. The van der Waals surface area contributed by atoms with E-state index in [9.17, 15) is 5.11 Å². The number of hydrogen-bond acceptors (Lipinski definition) is 4.